The Hall–Kier alpha value is -2.35. The molecule has 0 amide bonds. The van der Waals surface area contributed by atoms with Crippen molar-refractivity contribution >= 4 is 22.3 Å². The monoisotopic (exact) mass is 306 g/mol. The first-order valence-corrected chi connectivity index (χ1v) is 8.25. The minimum atomic E-state index is -0.378. The zero-order chi connectivity index (χ0) is 16.2. The third-order valence-electron chi connectivity index (χ3n) is 4.32. The topological polar surface area (TPSA) is 26.3 Å². The van der Waals surface area contributed by atoms with Crippen molar-refractivity contribution in [2.24, 2.45) is 0 Å². The highest BCUT2D eigenvalue weighted by atomic mass is 16.5. The zero-order valence-corrected chi connectivity index (χ0v) is 13.6. The first-order valence-electron chi connectivity index (χ1n) is 8.25. The molecule has 1 aliphatic rings. The van der Waals surface area contributed by atoms with Crippen LogP contribution < -0.4 is 4.74 Å². The predicted molar refractivity (Wildman–Crippen MR) is 95.5 cm³/mol. The largest absolute Gasteiger partial charge is 0.423 e. The van der Waals surface area contributed by atoms with Crippen LogP contribution in [0.2, 0.25) is 0 Å². The van der Waals surface area contributed by atoms with Crippen molar-refractivity contribution in [2.45, 2.75) is 39.0 Å². The van der Waals surface area contributed by atoms with E-state index in [-0.39, 0.29) is 5.97 Å². The van der Waals surface area contributed by atoms with E-state index in [1.165, 1.54) is 30.4 Å². The van der Waals surface area contributed by atoms with E-state index >= 15 is 0 Å². The molecule has 2 heteroatoms. The smallest absolute Gasteiger partial charge is 0.338 e. The SMILES string of the molecule is C=C(C)C(=O)Oc1ccc(C2=CCCCCC2)c2ccccc12. The molecule has 2 aromatic rings. The van der Waals surface area contributed by atoms with Gasteiger partial charge in [-0.1, -0.05) is 49.4 Å². The molecular weight excluding hydrogens is 284 g/mol. The summed E-state index contributed by atoms with van der Waals surface area (Å²) < 4.78 is 5.50. The van der Waals surface area contributed by atoms with E-state index in [0.717, 1.165) is 23.6 Å². The van der Waals surface area contributed by atoms with E-state index in [9.17, 15) is 4.79 Å². The average Bonchev–Trinajstić information content (AvgIpc) is 2.84. The van der Waals surface area contributed by atoms with E-state index in [1.807, 2.05) is 24.3 Å². The number of carbonyl (C=O) groups excluding carboxylic acids is 1. The third kappa shape index (κ3) is 3.37. The fraction of sp³-hybridized carbons (Fsp3) is 0.286. The van der Waals surface area contributed by atoms with E-state index in [0.29, 0.717) is 11.3 Å². The molecule has 2 aromatic carbocycles. The number of hydrogen-bond donors (Lipinski definition) is 0. The maximum absolute atomic E-state index is 11.9. The Morgan fingerprint density at radius 2 is 1.83 bits per heavy atom. The zero-order valence-electron chi connectivity index (χ0n) is 13.6. The standard InChI is InChI=1S/C21H22O2/c1-15(2)21(22)23-20-14-13-17(16-9-5-3-4-6-10-16)18-11-7-8-12-19(18)20/h7-9,11-14H,1,3-6,10H2,2H3. The lowest BCUT2D eigenvalue weighted by molar-refractivity contribution is -0.129. The lowest BCUT2D eigenvalue weighted by atomic mass is 9.95. The molecule has 0 spiro atoms. The molecule has 3 rings (SSSR count). The van der Waals surface area contributed by atoms with Crippen molar-refractivity contribution < 1.29 is 9.53 Å². The molecule has 0 saturated heterocycles. The van der Waals surface area contributed by atoms with Crippen LogP contribution in [0.15, 0.2) is 54.6 Å². The van der Waals surface area contributed by atoms with E-state index in [2.05, 4.69) is 24.8 Å². The fourth-order valence-electron chi connectivity index (χ4n) is 3.09. The summed E-state index contributed by atoms with van der Waals surface area (Å²) in [5.41, 5.74) is 3.08. The van der Waals surface area contributed by atoms with Crippen molar-refractivity contribution in [3.05, 3.63) is 60.2 Å². The normalized spacial score (nSPS) is 14.9. The molecule has 2 nitrogen and oxygen atoms in total. The van der Waals surface area contributed by atoms with Gasteiger partial charge in [0.1, 0.15) is 5.75 Å². The second-order valence-electron chi connectivity index (χ2n) is 6.16. The van der Waals surface area contributed by atoms with Crippen LogP contribution in [0.4, 0.5) is 0 Å². The van der Waals surface area contributed by atoms with Crippen LogP contribution in [0.1, 0.15) is 44.6 Å². The Kier molecular flexibility index (Phi) is 4.61. The Labute approximate surface area is 137 Å². The van der Waals surface area contributed by atoms with Gasteiger partial charge in [0, 0.05) is 11.0 Å². The van der Waals surface area contributed by atoms with Gasteiger partial charge in [0.2, 0.25) is 0 Å². The van der Waals surface area contributed by atoms with Crippen molar-refractivity contribution in [3.63, 3.8) is 0 Å². The van der Waals surface area contributed by atoms with Crippen molar-refractivity contribution in [3.8, 4) is 5.75 Å². The second-order valence-corrected chi connectivity index (χ2v) is 6.16. The summed E-state index contributed by atoms with van der Waals surface area (Å²) in [6.45, 7) is 5.31. The molecule has 0 heterocycles. The maximum Gasteiger partial charge on any atom is 0.338 e. The number of carbonyl (C=O) groups is 1. The third-order valence-corrected chi connectivity index (χ3v) is 4.32. The van der Waals surface area contributed by atoms with Crippen LogP contribution in [0, 0.1) is 0 Å². The molecule has 0 aliphatic heterocycles. The maximum atomic E-state index is 11.9. The number of fused-ring (bicyclic) bond motifs is 1. The van der Waals surface area contributed by atoms with Gasteiger partial charge in [-0.15, -0.1) is 0 Å². The highest BCUT2D eigenvalue weighted by molar-refractivity contribution is 5.99. The van der Waals surface area contributed by atoms with Gasteiger partial charge in [0.05, 0.1) is 0 Å². The van der Waals surface area contributed by atoms with E-state index in [1.54, 1.807) is 6.92 Å². The summed E-state index contributed by atoms with van der Waals surface area (Å²) in [4.78, 5) is 11.9. The number of ether oxygens (including phenoxy) is 1. The van der Waals surface area contributed by atoms with Gasteiger partial charge in [-0.25, -0.2) is 4.79 Å². The quantitative estimate of drug-likeness (QED) is 0.415. The molecule has 0 aromatic heterocycles. The van der Waals surface area contributed by atoms with Gasteiger partial charge < -0.3 is 4.74 Å². The predicted octanol–water partition coefficient (Wildman–Crippen LogP) is 5.67. The summed E-state index contributed by atoms with van der Waals surface area (Å²) in [5, 5.41) is 2.12. The summed E-state index contributed by atoms with van der Waals surface area (Å²) in [6, 6.07) is 12.1. The minimum Gasteiger partial charge on any atom is -0.423 e. The molecule has 1 aliphatic carbocycles. The molecule has 0 unspecified atom stereocenters. The van der Waals surface area contributed by atoms with E-state index in [4.69, 9.17) is 4.74 Å². The van der Waals surface area contributed by atoms with Crippen molar-refractivity contribution in [2.75, 3.05) is 0 Å². The molecule has 0 saturated carbocycles. The Bertz CT molecular complexity index is 784. The van der Waals surface area contributed by atoms with Crippen LogP contribution in [-0.4, -0.2) is 5.97 Å². The van der Waals surface area contributed by atoms with Crippen LogP contribution >= 0.6 is 0 Å². The lowest BCUT2D eigenvalue weighted by Crippen LogP contribution is -2.08. The number of rotatable bonds is 3. The molecule has 0 bridgehead atoms. The first-order chi connectivity index (χ1) is 11.2. The Balaban J connectivity index is 2.07. The molecule has 118 valence electrons. The van der Waals surface area contributed by atoms with Crippen LogP contribution in [-0.2, 0) is 4.79 Å². The molecule has 0 atom stereocenters. The van der Waals surface area contributed by atoms with Gasteiger partial charge in [-0.3, -0.25) is 0 Å². The molecule has 0 fully saturated rings. The molecule has 0 radical (unpaired) electrons. The van der Waals surface area contributed by atoms with Gasteiger partial charge in [0.15, 0.2) is 0 Å². The summed E-state index contributed by atoms with van der Waals surface area (Å²) in [7, 11) is 0. The Morgan fingerprint density at radius 1 is 1.04 bits per heavy atom. The van der Waals surface area contributed by atoms with Gasteiger partial charge in [0.25, 0.3) is 0 Å². The van der Waals surface area contributed by atoms with Gasteiger partial charge >= 0.3 is 5.97 Å². The fourth-order valence-corrected chi connectivity index (χ4v) is 3.09. The average molecular weight is 306 g/mol. The van der Waals surface area contributed by atoms with E-state index < -0.39 is 0 Å². The summed E-state index contributed by atoms with van der Waals surface area (Å²) >= 11 is 0. The highest BCUT2D eigenvalue weighted by Crippen LogP contribution is 2.35. The lowest BCUT2D eigenvalue weighted by Gasteiger charge is -2.13. The number of allylic oxidation sites excluding steroid dienone is 2. The summed E-state index contributed by atoms with van der Waals surface area (Å²) in [5.74, 6) is 0.225. The minimum absolute atomic E-state index is 0.378. The molecule has 23 heavy (non-hydrogen) atoms. The Morgan fingerprint density at radius 3 is 2.61 bits per heavy atom. The number of esters is 1. The van der Waals surface area contributed by atoms with Crippen LogP contribution in [0.5, 0.6) is 5.75 Å². The number of benzene rings is 2. The second kappa shape index (κ2) is 6.82. The van der Waals surface area contributed by atoms with Crippen LogP contribution in [0.3, 0.4) is 0 Å². The number of hydrogen-bond acceptors (Lipinski definition) is 2. The first kappa shape index (κ1) is 15.5. The van der Waals surface area contributed by atoms with Gasteiger partial charge in [-0.2, -0.15) is 0 Å². The van der Waals surface area contributed by atoms with Crippen molar-refractivity contribution in [1.29, 1.82) is 0 Å². The molecule has 0 N–H and O–H groups in total. The highest BCUT2D eigenvalue weighted by Gasteiger charge is 2.14. The van der Waals surface area contributed by atoms with Crippen molar-refractivity contribution in [1.82, 2.24) is 0 Å². The molecular formula is C21H22O2. The van der Waals surface area contributed by atoms with Crippen LogP contribution in [0.25, 0.3) is 16.3 Å². The summed E-state index contributed by atoms with van der Waals surface area (Å²) in [6.07, 6.45) is 8.45. The van der Waals surface area contributed by atoms with Gasteiger partial charge in [-0.05, 0) is 55.2 Å².